The second kappa shape index (κ2) is 16.9. The summed E-state index contributed by atoms with van der Waals surface area (Å²) in [5.41, 5.74) is 2.91. The van der Waals surface area contributed by atoms with Crippen LogP contribution in [0.1, 0.15) is 61.8 Å². The van der Waals surface area contributed by atoms with Crippen LogP contribution in [0.4, 0.5) is 4.79 Å². The van der Waals surface area contributed by atoms with Gasteiger partial charge in [-0.15, -0.1) is 0 Å². The first-order valence-corrected chi connectivity index (χ1v) is 17.1. The molecule has 0 spiro atoms. The zero-order chi connectivity index (χ0) is 33.9. The van der Waals surface area contributed by atoms with Crippen molar-refractivity contribution in [1.82, 2.24) is 31.5 Å². The van der Waals surface area contributed by atoms with Crippen LogP contribution in [-0.2, 0) is 20.8 Å². The predicted octanol–water partition coefficient (Wildman–Crippen LogP) is 3.69. The molecule has 2 fully saturated rings. The lowest BCUT2D eigenvalue weighted by atomic mass is 9.90. The zero-order valence-electron chi connectivity index (χ0n) is 27.9. The summed E-state index contributed by atoms with van der Waals surface area (Å²) in [6.45, 7) is 2.72. The van der Waals surface area contributed by atoms with Crippen LogP contribution in [0.15, 0.2) is 91.0 Å². The average molecular weight is 653 g/mol. The van der Waals surface area contributed by atoms with Gasteiger partial charge in [-0.05, 0) is 75.1 Å². The summed E-state index contributed by atoms with van der Waals surface area (Å²) in [7, 11) is 1.74. The molecular formula is C38H48N6O4. The van der Waals surface area contributed by atoms with Gasteiger partial charge in [-0.25, -0.2) is 4.79 Å². The molecule has 10 nitrogen and oxygen atoms in total. The molecule has 2 aliphatic rings. The van der Waals surface area contributed by atoms with Gasteiger partial charge in [-0.1, -0.05) is 91.0 Å². The highest BCUT2D eigenvalue weighted by molar-refractivity contribution is 5.94. The van der Waals surface area contributed by atoms with E-state index >= 15 is 0 Å². The zero-order valence-corrected chi connectivity index (χ0v) is 27.9. The molecule has 5 N–H and O–H groups in total. The van der Waals surface area contributed by atoms with Crippen LogP contribution in [0.25, 0.3) is 0 Å². The highest BCUT2D eigenvalue weighted by atomic mass is 16.2. The van der Waals surface area contributed by atoms with Crippen LogP contribution in [-0.4, -0.2) is 73.0 Å². The Kier molecular flexibility index (Phi) is 12.2. The summed E-state index contributed by atoms with van der Waals surface area (Å²) in [5, 5.41) is 15.1. The SMILES string of the molecule is CCNC(=O)NCCC1CCC2CC[C@@H](C(=O)NC(c3ccccc3)c3ccccc3)N2C(=O)C1NC(=O)C(Cc1ccccc1)NC. The van der Waals surface area contributed by atoms with Crippen LogP contribution >= 0.6 is 0 Å². The van der Waals surface area contributed by atoms with E-state index in [0.717, 1.165) is 16.7 Å². The predicted molar refractivity (Wildman–Crippen MR) is 186 cm³/mol. The molecule has 5 atom stereocenters. The van der Waals surface area contributed by atoms with Crippen molar-refractivity contribution in [3.63, 3.8) is 0 Å². The van der Waals surface area contributed by atoms with E-state index in [-0.39, 0.29) is 41.8 Å². The molecule has 10 heteroatoms. The van der Waals surface area contributed by atoms with Gasteiger partial charge in [0.15, 0.2) is 0 Å². The van der Waals surface area contributed by atoms with Crippen molar-refractivity contribution < 1.29 is 19.2 Å². The van der Waals surface area contributed by atoms with Crippen LogP contribution in [0.2, 0.25) is 0 Å². The lowest BCUT2D eigenvalue weighted by Crippen LogP contribution is -2.58. The highest BCUT2D eigenvalue weighted by Crippen LogP contribution is 2.35. The van der Waals surface area contributed by atoms with Crippen molar-refractivity contribution in [2.75, 3.05) is 20.1 Å². The number of nitrogens with one attached hydrogen (secondary N) is 5. The fourth-order valence-electron chi connectivity index (χ4n) is 7.10. The van der Waals surface area contributed by atoms with Crippen molar-refractivity contribution in [3.8, 4) is 0 Å². The molecule has 0 radical (unpaired) electrons. The Morgan fingerprint density at radius 2 is 1.42 bits per heavy atom. The third kappa shape index (κ3) is 8.60. The minimum atomic E-state index is -0.836. The maximum Gasteiger partial charge on any atom is 0.314 e. The van der Waals surface area contributed by atoms with Gasteiger partial charge in [0, 0.05) is 19.1 Å². The Morgan fingerprint density at radius 1 is 0.812 bits per heavy atom. The fraction of sp³-hybridized carbons (Fsp3) is 0.421. The van der Waals surface area contributed by atoms with Gasteiger partial charge in [0.05, 0.1) is 12.1 Å². The molecule has 48 heavy (non-hydrogen) atoms. The average Bonchev–Trinajstić information content (AvgIpc) is 3.50. The number of carbonyl (C=O) groups is 4. The molecule has 2 heterocycles. The van der Waals surface area contributed by atoms with E-state index in [0.29, 0.717) is 51.6 Å². The number of hydrogen-bond acceptors (Lipinski definition) is 5. The summed E-state index contributed by atoms with van der Waals surface area (Å²) in [4.78, 5) is 56.4. The number of amides is 5. The van der Waals surface area contributed by atoms with Crippen LogP contribution in [0.5, 0.6) is 0 Å². The summed E-state index contributed by atoms with van der Waals surface area (Å²) in [5.74, 6) is -0.930. The minimum absolute atomic E-state index is 0.106. The number of carbonyl (C=O) groups excluding carboxylic acids is 4. The molecule has 5 amide bonds. The van der Waals surface area contributed by atoms with Gasteiger partial charge in [-0.2, -0.15) is 0 Å². The Bertz CT molecular complexity index is 1470. The number of likely N-dealkylation sites (N-methyl/N-ethyl adjacent to an activating group) is 1. The van der Waals surface area contributed by atoms with E-state index < -0.39 is 18.1 Å². The lowest BCUT2D eigenvalue weighted by Gasteiger charge is -2.33. The number of nitrogens with zero attached hydrogens (tertiary/aromatic N) is 1. The van der Waals surface area contributed by atoms with Crippen molar-refractivity contribution in [2.24, 2.45) is 5.92 Å². The molecule has 0 bridgehead atoms. The number of hydrogen-bond donors (Lipinski definition) is 5. The van der Waals surface area contributed by atoms with Gasteiger partial charge in [0.1, 0.15) is 12.1 Å². The standard InChI is InChI=1S/C38H48N6O4/c1-3-40-38(48)41-24-23-29-19-20-30-21-22-32(36(46)42-33(27-15-9-5-10-16-27)28-17-11-6-12-18-28)44(30)37(47)34(29)43-35(45)31(39-2)25-26-13-7-4-8-14-26/h4-18,29-34,39H,3,19-25H2,1-2H3,(H,42,46)(H,43,45)(H2,40,41,48)/t29?,30?,31?,32-,34?/m0/s1. The Morgan fingerprint density at radius 3 is 2.02 bits per heavy atom. The lowest BCUT2D eigenvalue weighted by molar-refractivity contribution is -0.143. The fourth-order valence-corrected chi connectivity index (χ4v) is 7.10. The first-order valence-electron chi connectivity index (χ1n) is 17.1. The van der Waals surface area contributed by atoms with E-state index in [9.17, 15) is 19.2 Å². The summed E-state index contributed by atoms with van der Waals surface area (Å²) < 4.78 is 0. The first kappa shape index (κ1) is 34.6. The maximum absolute atomic E-state index is 14.6. The van der Waals surface area contributed by atoms with Crippen LogP contribution in [0, 0.1) is 5.92 Å². The number of benzene rings is 3. The molecule has 0 aliphatic carbocycles. The normalized spacial score (nSPS) is 21.1. The Hall–Kier alpha value is -4.70. The molecule has 0 aromatic heterocycles. The summed E-state index contributed by atoms with van der Waals surface area (Å²) >= 11 is 0. The molecule has 3 aromatic rings. The van der Waals surface area contributed by atoms with E-state index in [1.54, 1.807) is 11.9 Å². The van der Waals surface area contributed by atoms with Gasteiger partial charge < -0.3 is 31.5 Å². The molecule has 2 aliphatic heterocycles. The molecule has 5 rings (SSSR count). The first-order chi connectivity index (χ1) is 23.4. The maximum atomic E-state index is 14.6. The van der Waals surface area contributed by atoms with Crippen molar-refractivity contribution in [1.29, 1.82) is 0 Å². The number of fused-ring (bicyclic) bond motifs is 1. The van der Waals surface area contributed by atoms with Gasteiger partial charge >= 0.3 is 6.03 Å². The third-order valence-corrected chi connectivity index (χ3v) is 9.60. The molecule has 0 saturated carbocycles. The second-order valence-electron chi connectivity index (χ2n) is 12.7. The van der Waals surface area contributed by atoms with E-state index in [4.69, 9.17) is 0 Å². The van der Waals surface area contributed by atoms with E-state index in [1.165, 1.54) is 0 Å². The number of rotatable bonds is 13. The summed E-state index contributed by atoms with van der Waals surface area (Å²) in [6, 6.07) is 26.6. The van der Waals surface area contributed by atoms with Gasteiger partial charge in [0.2, 0.25) is 17.7 Å². The van der Waals surface area contributed by atoms with E-state index in [1.807, 2.05) is 97.9 Å². The summed E-state index contributed by atoms with van der Waals surface area (Å²) in [6.07, 6.45) is 3.64. The van der Waals surface area contributed by atoms with Crippen molar-refractivity contribution in [2.45, 2.75) is 75.7 Å². The quantitative estimate of drug-likeness (QED) is 0.192. The largest absolute Gasteiger partial charge is 0.343 e. The second-order valence-corrected chi connectivity index (χ2v) is 12.7. The minimum Gasteiger partial charge on any atom is -0.343 e. The molecular weight excluding hydrogens is 604 g/mol. The Balaban J connectivity index is 1.37. The smallest absolute Gasteiger partial charge is 0.314 e. The van der Waals surface area contributed by atoms with Crippen molar-refractivity contribution >= 4 is 23.8 Å². The van der Waals surface area contributed by atoms with Crippen molar-refractivity contribution in [3.05, 3.63) is 108 Å². The monoisotopic (exact) mass is 652 g/mol. The number of urea groups is 1. The Labute approximate surface area is 283 Å². The van der Waals surface area contributed by atoms with Crippen LogP contribution < -0.4 is 26.6 Å². The molecule has 2 saturated heterocycles. The van der Waals surface area contributed by atoms with Gasteiger partial charge in [-0.3, -0.25) is 14.4 Å². The molecule has 254 valence electrons. The molecule has 4 unspecified atom stereocenters. The van der Waals surface area contributed by atoms with Crippen LogP contribution in [0.3, 0.4) is 0 Å². The van der Waals surface area contributed by atoms with Gasteiger partial charge in [0.25, 0.3) is 0 Å². The highest BCUT2D eigenvalue weighted by Gasteiger charge is 2.48. The van der Waals surface area contributed by atoms with E-state index in [2.05, 4.69) is 26.6 Å². The molecule has 3 aromatic carbocycles. The third-order valence-electron chi connectivity index (χ3n) is 9.60. The topological polar surface area (TPSA) is 132 Å².